The van der Waals surface area contributed by atoms with Crippen molar-refractivity contribution in [3.05, 3.63) is 84.4 Å². The number of rotatable bonds is 7. The number of anilines is 1. The van der Waals surface area contributed by atoms with Crippen LogP contribution in [0.2, 0.25) is 0 Å². The summed E-state index contributed by atoms with van der Waals surface area (Å²) in [5.41, 5.74) is 3.44. The van der Waals surface area contributed by atoms with Crippen molar-refractivity contribution < 1.29 is 9.53 Å². The van der Waals surface area contributed by atoms with E-state index in [9.17, 15) is 4.79 Å². The Morgan fingerprint density at radius 2 is 1.69 bits per heavy atom. The Morgan fingerprint density at radius 1 is 0.923 bits per heavy atom. The number of hydrogen-bond donors (Lipinski definition) is 1. The molecule has 0 aromatic heterocycles. The van der Waals surface area contributed by atoms with Gasteiger partial charge in [0.15, 0.2) is 0 Å². The highest BCUT2D eigenvalue weighted by Gasteiger charge is 2.11. The van der Waals surface area contributed by atoms with Gasteiger partial charge in [-0.15, -0.1) is 0 Å². The van der Waals surface area contributed by atoms with Crippen LogP contribution in [-0.2, 0) is 0 Å². The molecule has 0 bridgehead atoms. The van der Waals surface area contributed by atoms with Crippen molar-refractivity contribution in [2.45, 2.75) is 19.8 Å². The average Bonchev–Trinajstić information content (AvgIpc) is 2.69. The van der Waals surface area contributed by atoms with Gasteiger partial charge >= 0.3 is 0 Å². The van der Waals surface area contributed by atoms with Crippen LogP contribution in [0.3, 0.4) is 0 Å². The van der Waals surface area contributed by atoms with E-state index in [1.165, 1.54) is 0 Å². The Morgan fingerprint density at radius 3 is 2.50 bits per heavy atom. The van der Waals surface area contributed by atoms with Gasteiger partial charge in [-0.2, -0.15) is 0 Å². The largest absolute Gasteiger partial charge is 0.494 e. The van der Waals surface area contributed by atoms with Gasteiger partial charge in [0.25, 0.3) is 5.91 Å². The normalized spacial score (nSPS) is 10.3. The van der Waals surface area contributed by atoms with Crippen molar-refractivity contribution in [3.63, 3.8) is 0 Å². The molecule has 3 rings (SSSR count). The molecule has 0 aliphatic carbocycles. The molecule has 0 aliphatic rings. The topological polar surface area (TPSA) is 38.3 Å². The van der Waals surface area contributed by atoms with Crippen molar-refractivity contribution in [2.24, 2.45) is 0 Å². The Kier molecular flexibility index (Phi) is 6.05. The van der Waals surface area contributed by atoms with E-state index in [-0.39, 0.29) is 5.91 Å². The number of nitrogens with one attached hydrogen (secondary N) is 1. The number of para-hydroxylation sites is 1. The fourth-order valence-electron chi connectivity index (χ4n) is 2.72. The first-order chi connectivity index (χ1) is 12.8. The maximum absolute atomic E-state index is 12.7. The molecule has 1 amide bonds. The van der Waals surface area contributed by atoms with Gasteiger partial charge < -0.3 is 10.1 Å². The van der Waals surface area contributed by atoms with Gasteiger partial charge in [-0.1, -0.05) is 67.9 Å². The summed E-state index contributed by atoms with van der Waals surface area (Å²) < 4.78 is 5.70. The van der Waals surface area contributed by atoms with E-state index in [0.29, 0.717) is 12.2 Å². The predicted molar refractivity (Wildman–Crippen MR) is 107 cm³/mol. The number of carbonyl (C=O) groups excluding carboxylic acids is 1. The molecule has 3 nitrogen and oxygen atoms in total. The molecule has 132 valence electrons. The van der Waals surface area contributed by atoms with Crippen molar-refractivity contribution in [1.82, 2.24) is 0 Å². The van der Waals surface area contributed by atoms with Crippen molar-refractivity contribution in [2.75, 3.05) is 11.9 Å². The van der Waals surface area contributed by atoms with Crippen LogP contribution in [0, 0.1) is 0 Å². The summed E-state index contributed by atoms with van der Waals surface area (Å²) in [6.07, 6.45) is 2.08. The van der Waals surface area contributed by atoms with Gasteiger partial charge in [0.1, 0.15) is 5.75 Å². The molecular weight excluding hydrogens is 322 g/mol. The van der Waals surface area contributed by atoms with Gasteiger partial charge in [0.05, 0.1) is 6.61 Å². The van der Waals surface area contributed by atoms with Crippen molar-refractivity contribution >= 4 is 11.6 Å². The Labute approximate surface area is 154 Å². The van der Waals surface area contributed by atoms with Gasteiger partial charge in [-0.25, -0.2) is 0 Å². The molecule has 0 heterocycles. The van der Waals surface area contributed by atoms with Gasteiger partial charge in [0.2, 0.25) is 0 Å². The monoisotopic (exact) mass is 345 g/mol. The van der Waals surface area contributed by atoms with Crippen LogP contribution in [0.4, 0.5) is 5.69 Å². The zero-order chi connectivity index (χ0) is 18.2. The van der Waals surface area contributed by atoms with E-state index in [2.05, 4.69) is 12.2 Å². The van der Waals surface area contributed by atoms with Crippen LogP contribution in [0.5, 0.6) is 5.75 Å². The molecule has 3 heteroatoms. The molecule has 0 spiro atoms. The maximum Gasteiger partial charge on any atom is 0.255 e. The maximum atomic E-state index is 12.7. The molecule has 0 unspecified atom stereocenters. The first-order valence-electron chi connectivity index (χ1n) is 8.96. The molecule has 1 N–H and O–H groups in total. The van der Waals surface area contributed by atoms with Crippen LogP contribution < -0.4 is 10.1 Å². The van der Waals surface area contributed by atoms with Crippen LogP contribution in [0.25, 0.3) is 11.1 Å². The van der Waals surface area contributed by atoms with E-state index in [4.69, 9.17) is 4.74 Å². The molecule has 0 atom stereocenters. The minimum atomic E-state index is -0.144. The van der Waals surface area contributed by atoms with Crippen molar-refractivity contribution in [3.8, 4) is 16.9 Å². The summed E-state index contributed by atoms with van der Waals surface area (Å²) in [5.74, 6) is 0.580. The highest BCUT2D eigenvalue weighted by molar-refractivity contribution is 6.06. The Balaban J connectivity index is 1.78. The highest BCUT2D eigenvalue weighted by Crippen LogP contribution is 2.28. The lowest BCUT2D eigenvalue weighted by Crippen LogP contribution is -2.12. The van der Waals surface area contributed by atoms with Gasteiger partial charge in [0, 0.05) is 16.8 Å². The second-order valence-corrected chi connectivity index (χ2v) is 6.10. The van der Waals surface area contributed by atoms with E-state index < -0.39 is 0 Å². The number of unbranched alkanes of at least 4 members (excludes halogenated alkanes) is 1. The van der Waals surface area contributed by atoms with Crippen molar-refractivity contribution in [1.29, 1.82) is 0 Å². The summed E-state index contributed by atoms with van der Waals surface area (Å²) in [5, 5.41) is 3.03. The number of ether oxygens (including phenoxy) is 1. The number of amides is 1. The van der Waals surface area contributed by atoms with Gasteiger partial charge in [-0.05, 0) is 36.2 Å². The number of hydrogen-bond acceptors (Lipinski definition) is 2. The van der Waals surface area contributed by atoms with Crippen LogP contribution >= 0.6 is 0 Å². The van der Waals surface area contributed by atoms with E-state index >= 15 is 0 Å². The smallest absolute Gasteiger partial charge is 0.255 e. The van der Waals surface area contributed by atoms with Crippen LogP contribution in [0.15, 0.2) is 78.9 Å². The summed E-state index contributed by atoms with van der Waals surface area (Å²) in [7, 11) is 0. The third-order valence-electron chi connectivity index (χ3n) is 4.12. The number of benzene rings is 3. The molecule has 3 aromatic carbocycles. The summed E-state index contributed by atoms with van der Waals surface area (Å²) >= 11 is 0. The molecule has 0 fully saturated rings. The summed E-state index contributed by atoms with van der Waals surface area (Å²) in [4.78, 5) is 12.7. The average molecular weight is 345 g/mol. The molecular formula is C23H23NO2. The standard InChI is InChI=1S/C23H23NO2/c1-2-3-16-26-20-13-9-12-19(17-20)23(25)24-22-15-8-7-14-21(22)18-10-5-4-6-11-18/h4-15,17H,2-3,16H2,1H3,(H,24,25). The number of carbonyl (C=O) groups is 1. The van der Waals surface area contributed by atoms with E-state index in [1.807, 2.05) is 66.7 Å². The minimum absolute atomic E-state index is 0.144. The SMILES string of the molecule is CCCCOc1cccc(C(=O)Nc2ccccc2-c2ccccc2)c1. The van der Waals surface area contributed by atoms with E-state index in [0.717, 1.165) is 35.4 Å². The lowest BCUT2D eigenvalue weighted by Gasteiger charge is -2.12. The van der Waals surface area contributed by atoms with Crippen LogP contribution in [-0.4, -0.2) is 12.5 Å². The predicted octanol–water partition coefficient (Wildman–Crippen LogP) is 5.78. The summed E-state index contributed by atoms with van der Waals surface area (Å²) in [6, 6.07) is 25.2. The summed E-state index contributed by atoms with van der Waals surface area (Å²) in [6.45, 7) is 2.79. The quantitative estimate of drug-likeness (QED) is 0.551. The fraction of sp³-hybridized carbons (Fsp3) is 0.174. The zero-order valence-corrected chi connectivity index (χ0v) is 14.9. The third-order valence-corrected chi connectivity index (χ3v) is 4.12. The lowest BCUT2D eigenvalue weighted by molar-refractivity contribution is 0.102. The zero-order valence-electron chi connectivity index (χ0n) is 14.9. The molecule has 0 saturated carbocycles. The highest BCUT2D eigenvalue weighted by atomic mass is 16.5. The Hall–Kier alpha value is -3.07. The molecule has 0 saturated heterocycles. The molecule has 0 aliphatic heterocycles. The molecule has 3 aromatic rings. The van der Waals surface area contributed by atoms with Gasteiger partial charge in [-0.3, -0.25) is 4.79 Å². The molecule has 0 radical (unpaired) electrons. The lowest BCUT2D eigenvalue weighted by atomic mass is 10.0. The third kappa shape index (κ3) is 4.51. The van der Waals surface area contributed by atoms with E-state index in [1.54, 1.807) is 12.1 Å². The molecule has 26 heavy (non-hydrogen) atoms. The Bertz CT molecular complexity index is 859. The van der Waals surface area contributed by atoms with Crippen LogP contribution in [0.1, 0.15) is 30.1 Å². The fourth-order valence-corrected chi connectivity index (χ4v) is 2.72. The minimum Gasteiger partial charge on any atom is -0.494 e. The second-order valence-electron chi connectivity index (χ2n) is 6.10. The first kappa shape index (κ1) is 17.7. The first-order valence-corrected chi connectivity index (χ1v) is 8.96. The second kappa shape index (κ2) is 8.86.